The van der Waals surface area contributed by atoms with Crippen LogP contribution in [0.3, 0.4) is 0 Å². The number of carbonyl (C=O) groups excluding carboxylic acids is 2. The molecule has 0 radical (unpaired) electrons. The van der Waals surface area contributed by atoms with Crippen LogP contribution in [-0.2, 0) is 11.2 Å². The van der Waals surface area contributed by atoms with E-state index in [4.69, 9.17) is 9.47 Å². The van der Waals surface area contributed by atoms with Gasteiger partial charge in [-0.2, -0.15) is 0 Å². The van der Waals surface area contributed by atoms with E-state index in [1.807, 2.05) is 79.4 Å². The summed E-state index contributed by atoms with van der Waals surface area (Å²) in [6, 6.07) is 19.3. The quantitative estimate of drug-likeness (QED) is 0.425. The summed E-state index contributed by atoms with van der Waals surface area (Å²) in [6.45, 7) is 4.91. The van der Waals surface area contributed by atoms with E-state index in [0.29, 0.717) is 30.4 Å². The molecule has 0 unspecified atom stereocenters. The third kappa shape index (κ3) is 5.00. The Morgan fingerprint density at radius 1 is 0.971 bits per heavy atom. The normalized spacial score (nSPS) is 14.6. The van der Waals surface area contributed by atoms with Gasteiger partial charge in [-0.1, -0.05) is 30.0 Å². The molecule has 1 aliphatic carbocycles. The van der Waals surface area contributed by atoms with Crippen molar-refractivity contribution in [2.45, 2.75) is 48.9 Å². The van der Waals surface area contributed by atoms with Gasteiger partial charge in [0.1, 0.15) is 0 Å². The van der Waals surface area contributed by atoms with E-state index in [-0.39, 0.29) is 24.3 Å². The topological polar surface area (TPSA) is 67.9 Å². The zero-order valence-electron chi connectivity index (χ0n) is 19.9. The molecule has 180 valence electrons. The van der Waals surface area contributed by atoms with Crippen LogP contribution in [0.1, 0.15) is 42.6 Å². The number of benzene rings is 3. The average molecular weight is 489 g/mol. The lowest BCUT2D eigenvalue weighted by atomic mass is 10.1. The molecule has 6 nitrogen and oxygen atoms in total. The number of nitrogens with zero attached hydrogens (tertiary/aromatic N) is 1. The van der Waals surface area contributed by atoms with Crippen LogP contribution in [-0.4, -0.2) is 31.1 Å². The first-order valence-electron chi connectivity index (χ1n) is 12.0. The fourth-order valence-corrected chi connectivity index (χ4v) is 5.36. The molecule has 0 atom stereocenters. The van der Waals surface area contributed by atoms with E-state index >= 15 is 0 Å². The molecule has 7 heteroatoms. The predicted octanol–water partition coefficient (Wildman–Crippen LogP) is 5.94. The second-order valence-electron chi connectivity index (χ2n) is 8.56. The zero-order chi connectivity index (χ0) is 24.4. The first kappa shape index (κ1) is 23.3. The highest BCUT2D eigenvalue weighted by Crippen LogP contribution is 2.46. The summed E-state index contributed by atoms with van der Waals surface area (Å²) in [4.78, 5) is 30.0. The number of fused-ring (bicyclic) bond motifs is 2. The van der Waals surface area contributed by atoms with Gasteiger partial charge in [-0.05, 0) is 74.7 Å². The minimum absolute atomic E-state index is 0.0479. The Morgan fingerprint density at radius 3 is 2.51 bits per heavy atom. The second kappa shape index (κ2) is 10.0. The number of nitrogens with one attached hydrogen (secondary N) is 1. The second-order valence-corrected chi connectivity index (χ2v) is 9.64. The maximum absolute atomic E-state index is 13.3. The predicted molar refractivity (Wildman–Crippen MR) is 138 cm³/mol. The van der Waals surface area contributed by atoms with Gasteiger partial charge in [0, 0.05) is 21.5 Å². The molecule has 0 saturated heterocycles. The van der Waals surface area contributed by atoms with Gasteiger partial charge in [-0.25, -0.2) is 0 Å². The van der Waals surface area contributed by atoms with Crippen molar-refractivity contribution in [3.8, 4) is 11.5 Å². The summed E-state index contributed by atoms with van der Waals surface area (Å²) in [6.07, 6.45) is 2.25. The highest BCUT2D eigenvalue weighted by molar-refractivity contribution is 7.99. The van der Waals surface area contributed by atoms with Crippen LogP contribution in [0.15, 0.2) is 70.5 Å². The number of anilines is 2. The van der Waals surface area contributed by atoms with Gasteiger partial charge < -0.3 is 19.7 Å². The first-order chi connectivity index (χ1) is 17.1. The smallest absolute Gasteiger partial charge is 0.259 e. The summed E-state index contributed by atoms with van der Waals surface area (Å²) in [7, 11) is 0. The monoisotopic (exact) mass is 488 g/mol. The van der Waals surface area contributed by atoms with E-state index in [1.165, 1.54) is 0 Å². The van der Waals surface area contributed by atoms with Crippen LogP contribution in [0.25, 0.3) is 0 Å². The van der Waals surface area contributed by atoms with E-state index in [9.17, 15) is 9.59 Å². The van der Waals surface area contributed by atoms with Crippen molar-refractivity contribution in [2.75, 3.05) is 23.4 Å². The fraction of sp³-hybridized carbons (Fsp3) is 0.286. The highest BCUT2D eigenvalue weighted by atomic mass is 32.2. The first-order valence-corrected chi connectivity index (χ1v) is 12.8. The lowest BCUT2D eigenvalue weighted by Gasteiger charge is -2.23. The lowest BCUT2D eigenvalue weighted by molar-refractivity contribution is -0.115. The summed E-state index contributed by atoms with van der Waals surface area (Å²) in [5.41, 5.74) is 3.19. The molecule has 1 saturated carbocycles. The van der Waals surface area contributed by atoms with Crippen molar-refractivity contribution in [1.82, 2.24) is 0 Å². The molecule has 1 fully saturated rings. The van der Waals surface area contributed by atoms with Crippen LogP contribution in [0.4, 0.5) is 11.4 Å². The van der Waals surface area contributed by atoms with Gasteiger partial charge in [0.2, 0.25) is 5.91 Å². The Morgan fingerprint density at radius 2 is 1.74 bits per heavy atom. The van der Waals surface area contributed by atoms with Gasteiger partial charge in [0.15, 0.2) is 11.5 Å². The molecule has 0 aromatic heterocycles. The third-order valence-corrected chi connectivity index (χ3v) is 7.07. The molecule has 2 aliphatic rings. The Kier molecular flexibility index (Phi) is 6.68. The van der Waals surface area contributed by atoms with E-state index < -0.39 is 0 Å². The number of amides is 2. The maximum atomic E-state index is 13.3. The van der Waals surface area contributed by atoms with Crippen LogP contribution < -0.4 is 19.7 Å². The van der Waals surface area contributed by atoms with Crippen LogP contribution >= 0.6 is 11.8 Å². The van der Waals surface area contributed by atoms with Crippen molar-refractivity contribution in [3.05, 3.63) is 71.8 Å². The fourth-order valence-electron chi connectivity index (χ4n) is 4.25. The van der Waals surface area contributed by atoms with Crippen LogP contribution in [0.5, 0.6) is 11.5 Å². The number of rotatable bonds is 8. The van der Waals surface area contributed by atoms with Crippen molar-refractivity contribution >= 4 is 35.0 Å². The van der Waals surface area contributed by atoms with Crippen LogP contribution in [0.2, 0.25) is 0 Å². The number of ether oxygens (including phenoxy) is 2. The van der Waals surface area contributed by atoms with E-state index in [1.54, 1.807) is 11.8 Å². The summed E-state index contributed by atoms with van der Waals surface area (Å²) in [5, 5.41) is 3.02. The molecule has 2 amide bonds. The molecule has 0 bridgehead atoms. The third-order valence-electron chi connectivity index (χ3n) is 5.94. The van der Waals surface area contributed by atoms with Crippen molar-refractivity contribution < 1.29 is 19.1 Å². The summed E-state index contributed by atoms with van der Waals surface area (Å²) in [5.74, 6) is 1.25. The van der Waals surface area contributed by atoms with Crippen molar-refractivity contribution in [3.63, 3.8) is 0 Å². The number of carbonyl (C=O) groups is 2. The van der Waals surface area contributed by atoms with Gasteiger partial charge in [-0.15, -0.1) is 0 Å². The molecule has 0 spiro atoms. The Bertz CT molecular complexity index is 1270. The van der Waals surface area contributed by atoms with Gasteiger partial charge in [0.25, 0.3) is 5.91 Å². The molecule has 1 N–H and O–H groups in total. The standard InChI is InChI=1S/C28H28N2O4S/c1-3-33-23-14-9-18(15-24(23)34-4-2)16-27(31)29-19-10-13-22-26(17-19)35-25-8-6-5-7-21(25)28(32)30(22)20-11-12-20/h5-10,13-15,17,20H,3-4,11-12,16H2,1-2H3,(H,29,31). The summed E-state index contributed by atoms with van der Waals surface area (Å²) < 4.78 is 11.3. The zero-order valence-corrected chi connectivity index (χ0v) is 20.7. The summed E-state index contributed by atoms with van der Waals surface area (Å²) >= 11 is 1.57. The maximum Gasteiger partial charge on any atom is 0.259 e. The van der Waals surface area contributed by atoms with Gasteiger partial charge in [-0.3, -0.25) is 9.59 Å². The molecular weight excluding hydrogens is 460 g/mol. The number of hydrogen-bond donors (Lipinski definition) is 1. The minimum atomic E-state index is -0.120. The minimum Gasteiger partial charge on any atom is -0.490 e. The molecule has 3 aromatic rings. The van der Waals surface area contributed by atoms with E-state index in [2.05, 4.69) is 5.32 Å². The lowest BCUT2D eigenvalue weighted by Crippen LogP contribution is -2.32. The van der Waals surface area contributed by atoms with Crippen molar-refractivity contribution in [2.24, 2.45) is 0 Å². The van der Waals surface area contributed by atoms with Crippen LogP contribution in [0, 0.1) is 0 Å². The SMILES string of the molecule is CCOc1ccc(CC(=O)Nc2ccc3c(c2)Sc2ccccc2C(=O)N3C2CC2)cc1OCC. The van der Waals surface area contributed by atoms with E-state index in [0.717, 1.165) is 39.4 Å². The molecular formula is C28H28N2O4S. The van der Waals surface area contributed by atoms with Gasteiger partial charge in [0.05, 0.1) is 30.9 Å². The molecule has 35 heavy (non-hydrogen) atoms. The molecule has 1 heterocycles. The Labute approximate surface area is 209 Å². The number of hydrogen-bond acceptors (Lipinski definition) is 5. The molecule has 3 aromatic carbocycles. The van der Waals surface area contributed by atoms with Crippen molar-refractivity contribution in [1.29, 1.82) is 0 Å². The Balaban J connectivity index is 1.36. The molecule has 1 aliphatic heterocycles. The Hall–Kier alpha value is -3.45. The highest BCUT2D eigenvalue weighted by Gasteiger charge is 2.38. The largest absolute Gasteiger partial charge is 0.490 e. The molecule has 5 rings (SSSR count). The van der Waals surface area contributed by atoms with Gasteiger partial charge >= 0.3 is 0 Å². The average Bonchev–Trinajstić information content (AvgIpc) is 3.68.